The Balaban J connectivity index is 2.00. The number of thiophene rings is 1. The van der Waals surface area contributed by atoms with Gasteiger partial charge < -0.3 is 10.4 Å². The average molecular weight is 446 g/mol. The zero-order valence-electron chi connectivity index (χ0n) is 15.3. The number of aromatic nitrogens is 2. The van der Waals surface area contributed by atoms with Gasteiger partial charge >= 0.3 is 5.97 Å². The van der Waals surface area contributed by atoms with Gasteiger partial charge in [-0.3, -0.25) is 0 Å². The van der Waals surface area contributed by atoms with Gasteiger partial charge in [-0.1, -0.05) is 13.8 Å². The van der Waals surface area contributed by atoms with E-state index in [0.29, 0.717) is 5.82 Å². The van der Waals surface area contributed by atoms with E-state index in [9.17, 15) is 4.79 Å². The first-order chi connectivity index (χ1) is 12.9. The summed E-state index contributed by atoms with van der Waals surface area (Å²) in [6.45, 7) is 6.19. The summed E-state index contributed by atoms with van der Waals surface area (Å²) < 4.78 is 1.09. The number of carboxylic acids is 1. The monoisotopic (exact) mass is 445 g/mol. The molecular weight excluding hydrogens is 426 g/mol. The van der Waals surface area contributed by atoms with Crippen molar-refractivity contribution in [2.24, 2.45) is 0 Å². The summed E-state index contributed by atoms with van der Waals surface area (Å²) >= 11 is 5.29. The van der Waals surface area contributed by atoms with Crippen LogP contribution in [0.1, 0.15) is 40.3 Å². The maximum atomic E-state index is 11.0. The lowest BCUT2D eigenvalue weighted by molar-refractivity contribution is 0.0697. The van der Waals surface area contributed by atoms with Crippen LogP contribution in [0.2, 0.25) is 0 Å². The largest absolute Gasteiger partial charge is 0.478 e. The quantitative estimate of drug-likeness (QED) is 0.497. The smallest absolute Gasteiger partial charge is 0.335 e. The molecule has 0 fully saturated rings. The van der Waals surface area contributed by atoms with Crippen LogP contribution in [0.25, 0.3) is 10.7 Å². The first-order valence-electron chi connectivity index (χ1n) is 8.69. The minimum Gasteiger partial charge on any atom is -0.478 e. The Bertz CT molecular complexity index is 984. The standard InChI is InChI=1S/C20H20BrN3O2S/c1-4-14-11(3)22-19(17-10-15(21)16(5-2)27-17)24-18(14)23-13-8-6-12(7-9-13)20(25)26/h6-10H,4-5H2,1-3H3,(H,25,26)(H,22,23,24). The van der Waals surface area contributed by atoms with Gasteiger partial charge in [0.15, 0.2) is 5.82 Å². The van der Waals surface area contributed by atoms with Crippen molar-refractivity contribution < 1.29 is 9.90 Å². The van der Waals surface area contributed by atoms with Crippen LogP contribution in [0.4, 0.5) is 11.5 Å². The van der Waals surface area contributed by atoms with Gasteiger partial charge in [0, 0.05) is 26.3 Å². The van der Waals surface area contributed by atoms with Crippen molar-refractivity contribution in [3.8, 4) is 10.7 Å². The Morgan fingerprint density at radius 1 is 1.19 bits per heavy atom. The van der Waals surface area contributed by atoms with E-state index >= 15 is 0 Å². The second kappa shape index (κ2) is 8.19. The third-order valence-corrected chi connectivity index (χ3v) is 6.51. The fraction of sp³-hybridized carbons (Fsp3) is 0.250. The Labute approximate surface area is 170 Å². The maximum Gasteiger partial charge on any atom is 0.335 e. The molecular formula is C20H20BrN3O2S. The van der Waals surface area contributed by atoms with Crippen LogP contribution in [0.3, 0.4) is 0 Å². The van der Waals surface area contributed by atoms with Crippen LogP contribution in [0.5, 0.6) is 0 Å². The second-order valence-corrected chi connectivity index (χ2v) is 8.05. The molecule has 2 aromatic heterocycles. The molecule has 0 spiro atoms. The number of nitrogens with zero attached hydrogens (tertiary/aromatic N) is 2. The molecule has 0 aliphatic rings. The van der Waals surface area contributed by atoms with E-state index in [1.54, 1.807) is 35.6 Å². The van der Waals surface area contributed by atoms with Crippen LogP contribution >= 0.6 is 27.3 Å². The Hall–Kier alpha value is -2.25. The Kier molecular flexibility index (Phi) is 5.92. The van der Waals surface area contributed by atoms with Crippen LogP contribution in [0, 0.1) is 6.92 Å². The number of hydrogen-bond donors (Lipinski definition) is 2. The number of carbonyl (C=O) groups is 1. The SMILES string of the molecule is CCc1sc(-c2nc(C)c(CC)c(Nc3ccc(C(=O)O)cc3)n2)cc1Br. The van der Waals surface area contributed by atoms with Gasteiger partial charge in [0.2, 0.25) is 0 Å². The minimum atomic E-state index is -0.939. The molecule has 0 amide bonds. The highest BCUT2D eigenvalue weighted by Gasteiger charge is 2.15. The summed E-state index contributed by atoms with van der Waals surface area (Å²) in [7, 11) is 0. The molecule has 1 aromatic carbocycles. The van der Waals surface area contributed by atoms with E-state index in [2.05, 4.69) is 41.2 Å². The number of hydrogen-bond acceptors (Lipinski definition) is 5. The number of anilines is 2. The highest BCUT2D eigenvalue weighted by atomic mass is 79.9. The van der Waals surface area contributed by atoms with E-state index in [1.807, 2.05) is 6.92 Å². The molecule has 0 radical (unpaired) electrons. The molecule has 27 heavy (non-hydrogen) atoms. The number of rotatable bonds is 6. The lowest BCUT2D eigenvalue weighted by Gasteiger charge is -2.13. The third-order valence-electron chi connectivity index (χ3n) is 4.26. The van der Waals surface area contributed by atoms with Gasteiger partial charge in [-0.15, -0.1) is 11.3 Å². The fourth-order valence-corrected chi connectivity index (χ4v) is 4.65. The number of nitrogens with one attached hydrogen (secondary N) is 1. The lowest BCUT2D eigenvalue weighted by Crippen LogP contribution is -2.05. The van der Waals surface area contributed by atoms with Crippen molar-refractivity contribution in [3.63, 3.8) is 0 Å². The molecule has 3 aromatic rings. The van der Waals surface area contributed by atoms with Crippen molar-refractivity contribution in [2.45, 2.75) is 33.6 Å². The highest BCUT2D eigenvalue weighted by Crippen LogP contribution is 2.35. The number of aromatic carboxylic acids is 1. The first-order valence-corrected chi connectivity index (χ1v) is 10.3. The zero-order valence-corrected chi connectivity index (χ0v) is 17.7. The van der Waals surface area contributed by atoms with Gasteiger partial charge in [0.1, 0.15) is 5.82 Å². The van der Waals surface area contributed by atoms with E-state index in [1.165, 1.54) is 4.88 Å². The van der Waals surface area contributed by atoms with E-state index in [0.717, 1.165) is 45.0 Å². The lowest BCUT2D eigenvalue weighted by atomic mass is 10.1. The Morgan fingerprint density at radius 2 is 1.89 bits per heavy atom. The molecule has 0 saturated heterocycles. The van der Waals surface area contributed by atoms with Gasteiger partial charge in [0.25, 0.3) is 0 Å². The normalized spacial score (nSPS) is 10.8. The number of carboxylic acid groups (broad SMARTS) is 1. The van der Waals surface area contributed by atoms with E-state index in [4.69, 9.17) is 15.1 Å². The van der Waals surface area contributed by atoms with Crippen molar-refractivity contribution in [1.29, 1.82) is 0 Å². The van der Waals surface area contributed by atoms with Crippen LogP contribution < -0.4 is 5.32 Å². The summed E-state index contributed by atoms with van der Waals surface area (Å²) in [4.78, 5) is 22.8. The molecule has 0 unspecified atom stereocenters. The highest BCUT2D eigenvalue weighted by molar-refractivity contribution is 9.10. The van der Waals surface area contributed by atoms with Gasteiger partial charge in [-0.05, 0) is 66.0 Å². The molecule has 0 aliphatic heterocycles. The number of halogens is 1. The second-order valence-electron chi connectivity index (χ2n) is 6.06. The topological polar surface area (TPSA) is 75.1 Å². The Morgan fingerprint density at radius 3 is 2.44 bits per heavy atom. The fourth-order valence-electron chi connectivity index (χ4n) is 2.82. The first kappa shape index (κ1) is 19.5. The van der Waals surface area contributed by atoms with Crippen molar-refractivity contribution in [3.05, 3.63) is 56.5 Å². The predicted octanol–water partition coefficient (Wildman–Crippen LogP) is 5.84. The molecule has 0 aliphatic carbocycles. The third kappa shape index (κ3) is 4.20. The summed E-state index contributed by atoms with van der Waals surface area (Å²) in [6.07, 6.45) is 1.76. The number of benzene rings is 1. The molecule has 3 rings (SSSR count). The van der Waals surface area contributed by atoms with Crippen molar-refractivity contribution in [2.75, 3.05) is 5.32 Å². The van der Waals surface area contributed by atoms with Crippen molar-refractivity contribution >= 4 is 44.7 Å². The van der Waals surface area contributed by atoms with Crippen molar-refractivity contribution in [1.82, 2.24) is 9.97 Å². The summed E-state index contributed by atoms with van der Waals surface area (Å²) in [5, 5.41) is 12.4. The molecule has 140 valence electrons. The molecule has 7 heteroatoms. The maximum absolute atomic E-state index is 11.0. The summed E-state index contributed by atoms with van der Waals surface area (Å²) in [5.74, 6) is 0.511. The molecule has 5 nitrogen and oxygen atoms in total. The molecule has 0 bridgehead atoms. The number of aryl methyl sites for hydroxylation is 2. The molecule has 0 atom stereocenters. The molecule has 0 saturated carbocycles. The zero-order chi connectivity index (χ0) is 19.6. The summed E-state index contributed by atoms with van der Waals surface area (Å²) in [5.41, 5.74) is 3.04. The van der Waals surface area contributed by atoms with Crippen LogP contribution in [-0.2, 0) is 12.8 Å². The van der Waals surface area contributed by atoms with Gasteiger partial charge in [-0.2, -0.15) is 0 Å². The molecule has 2 N–H and O–H groups in total. The predicted molar refractivity (Wildman–Crippen MR) is 113 cm³/mol. The van der Waals surface area contributed by atoms with Crippen LogP contribution in [-0.4, -0.2) is 21.0 Å². The average Bonchev–Trinajstić information content (AvgIpc) is 3.03. The van der Waals surface area contributed by atoms with Gasteiger partial charge in [-0.25, -0.2) is 14.8 Å². The van der Waals surface area contributed by atoms with Gasteiger partial charge in [0.05, 0.1) is 10.4 Å². The van der Waals surface area contributed by atoms with Crippen LogP contribution in [0.15, 0.2) is 34.8 Å². The summed E-state index contributed by atoms with van der Waals surface area (Å²) in [6, 6.07) is 8.72. The van der Waals surface area contributed by atoms with E-state index in [-0.39, 0.29) is 5.56 Å². The molecule has 2 heterocycles. The minimum absolute atomic E-state index is 0.256. The van der Waals surface area contributed by atoms with E-state index < -0.39 is 5.97 Å².